The zero-order valence-corrected chi connectivity index (χ0v) is 10.8. The molecular formula is C13H19ClN2O. The van der Waals surface area contributed by atoms with E-state index in [1.54, 1.807) is 0 Å². The lowest BCUT2D eigenvalue weighted by Crippen LogP contribution is -2.49. The highest BCUT2D eigenvalue weighted by molar-refractivity contribution is 6.30. The van der Waals surface area contributed by atoms with Crippen LogP contribution < -0.4 is 10.6 Å². The average Bonchev–Trinajstić information content (AvgIpc) is 2.29. The topological polar surface area (TPSA) is 49.5 Å². The van der Waals surface area contributed by atoms with Gasteiger partial charge in [-0.05, 0) is 37.6 Å². The number of halogens is 1. The molecule has 17 heavy (non-hydrogen) atoms. The molecule has 0 saturated carbocycles. The normalized spacial score (nSPS) is 26.9. The third kappa shape index (κ3) is 3.12. The summed E-state index contributed by atoms with van der Waals surface area (Å²) in [5, 5.41) is 10.4. The Morgan fingerprint density at radius 3 is 2.59 bits per heavy atom. The van der Waals surface area contributed by atoms with E-state index in [0.29, 0.717) is 0 Å². The number of hydrogen-bond acceptors (Lipinski definition) is 3. The van der Waals surface area contributed by atoms with Crippen molar-refractivity contribution in [3.63, 3.8) is 0 Å². The van der Waals surface area contributed by atoms with Crippen LogP contribution in [0, 0.1) is 5.92 Å². The van der Waals surface area contributed by atoms with E-state index in [2.05, 4.69) is 4.90 Å². The van der Waals surface area contributed by atoms with Gasteiger partial charge in [0, 0.05) is 35.8 Å². The smallest absolute Gasteiger partial charge is 0.0557 e. The summed E-state index contributed by atoms with van der Waals surface area (Å²) in [5.74, 6) is 0.245. The van der Waals surface area contributed by atoms with Crippen LogP contribution in [0.2, 0.25) is 5.02 Å². The third-order valence-corrected chi connectivity index (χ3v) is 3.64. The molecule has 1 fully saturated rings. The molecule has 1 aliphatic heterocycles. The number of aliphatic hydroxyl groups is 1. The monoisotopic (exact) mass is 254 g/mol. The Bertz CT molecular complexity index is 366. The van der Waals surface area contributed by atoms with Crippen molar-refractivity contribution in [1.29, 1.82) is 0 Å². The first-order chi connectivity index (χ1) is 8.06. The van der Waals surface area contributed by atoms with Gasteiger partial charge in [-0.2, -0.15) is 0 Å². The van der Waals surface area contributed by atoms with Crippen LogP contribution in [0.1, 0.15) is 13.3 Å². The molecule has 3 nitrogen and oxygen atoms in total. The van der Waals surface area contributed by atoms with Crippen molar-refractivity contribution >= 4 is 17.3 Å². The van der Waals surface area contributed by atoms with Crippen molar-refractivity contribution < 1.29 is 5.11 Å². The fraction of sp³-hybridized carbons (Fsp3) is 0.538. The minimum atomic E-state index is -0.309. The van der Waals surface area contributed by atoms with Crippen molar-refractivity contribution in [3.8, 4) is 0 Å². The zero-order chi connectivity index (χ0) is 12.4. The Balaban J connectivity index is 2.12. The van der Waals surface area contributed by atoms with Crippen LogP contribution in [-0.4, -0.2) is 30.3 Å². The van der Waals surface area contributed by atoms with Crippen LogP contribution in [0.4, 0.5) is 5.69 Å². The highest BCUT2D eigenvalue weighted by Crippen LogP contribution is 2.25. The molecule has 1 aromatic rings. The van der Waals surface area contributed by atoms with Crippen molar-refractivity contribution in [2.45, 2.75) is 25.5 Å². The van der Waals surface area contributed by atoms with Gasteiger partial charge in [-0.1, -0.05) is 11.6 Å². The number of anilines is 1. The molecule has 3 unspecified atom stereocenters. The maximum Gasteiger partial charge on any atom is 0.0557 e. The maximum atomic E-state index is 9.70. The summed E-state index contributed by atoms with van der Waals surface area (Å²) in [6, 6.07) is 7.89. The Morgan fingerprint density at radius 1 is 1.35 bits per heavy atom. The first kappa shape index (κ1) is 12.7. The van der Waals surface area contributed by atoms with E-state index >= 15 is 0 Å². The maximum absolute atomic E-state index is 9.70. The van der Waals surface area contributed by atoms with Gasteiger partial charge in [0.05, 0.1) is 6.10 Å². The van der Waals surface area contributed by atoms with E-state index in [9.17, 15) is 5.11 Å². The summed E-state index contributed by atoms with van der Waals surface area (Å²) in [5.41, 5.74) is 7.16. The van der Waals surface area contributed by atoms with Gasteiger partial charge >= 0.3 is 0 Å². The molecule has 0 radical (unpaired) electrons. The average molecular weight is 255 g/mol. The van der Waals surface area contributed by atoms with Crippen LogP contribution >= 0.6 is 11.6 Å². The Kier molecular flexibility index (Phi) is 3.92. The molecular weight excluding hydrogens is 236 g/mol. The summed E-state index contributed by atoms with van der Waals surface area (Å²) >= 11 is 5.88. The first-order valence-electron chi connectivity index (χ1n) is 6.00. The van der Waals surface area contributed by atoms with E-state index in [4.69, 9.17) is 17.3 Å². The van der Waals surface area contributed by atoms with Crippen LogP contribution in [-0.2, 0) is 0 Å². The second-order valence-corrected chi connectivity index (χ2v) is 5.31. The number of nitrogens with two attached hydrogens (primary N) is 1. The van der Waals surface area contributed by atoms with E-state index in [1.165, 1.54) is 0 Å². The lowest BCUT2D eigenvalue weighted by molar-refractivity contribution is 0.110. The SMILES string of the molecule is CC(O)C1CC(N)CN(c2ccc(Cl)cc2)C1. The molecule has 0 spiro atoms. The van der Waals surface area contributed by atoms with E-state index in [1.807, 2.05) is 31.2 Å². The Morgan fingerprint density at radius 2 is 2.00 bits per heavy atom. The fourth-order valence-electron chi connectivity index (χ4n) is 2.39. The summed E-state index contributed by atoms with van der Waals surface area (Å²) in [7, 11) is 0. The van der Waals surface area contributed by atoms with Gasteiger partial charge < -0.3 is 15.7 Å². The van der Waals surface area contributed by atoms with Crippen LogP contribution in [0.15, 0.2) is 24.3 Å². The molecule has 1 aliphatic rings. The molecule has 0 aromatic heterocycles. The molecule has 3 N–H and O–H groups in total. The van der Waals surface area contributed by atoms with E-state index < -0.39 is 0 Å². The molecule has 1 saturated heterocycles. The number of nitrogens with zero attached hydrogens (tertiary/aromatic N) is 1. The summed E-state index contributed by atoms with van der Waals surface area (Å²) in [6.07, 6.45) is 0.582. The molecule has 3 atom stereocenters. The molecule has 2 rings (SSSR count). The summed E-state index contributed by atoms with van der Waals surface area (Å²) in [4.78, 5) is 2.22. The van der Waals surface area contributed by atoms with Gasteiger partial charge in [0.2, 0.25) is 0 Å². The van der Waals surface area contributed by atoms with Crippen molar-refractivity contribution in [3.05, 3.63) is 29.3 Å². The number of benzene rings is 1. The quantitative estimate of drug-likeness (QED) is 0.847. The van der Waals surface area contributed by atoms with Gasteiger partial charge in [0.1, 0.15) is 0 Å². The highest BCUT2D eigenvalue weighted by Gasteiger charge is 2.28. The molecule has 0 aliphatic carbocycles. The highest BCUT2D eigenvalue weighted by atomic mass is 35.5. The van der Waals surface area contributed by atoms with Crippen molar-refractivity contribution in [1.82, 2.24) is 0 Å². The van der Waals surface area contributed by atoms with Crippen molar-refractivity contribution in [2.24, 2.45) is 11.7 Å². The molecule has 1 aromatic carbocycles. The molecule has 1 heterocycles. The molecule has 94 valence electrons. The van der Waals surface area contributed by atoms with Gasteiger partial charge in [-0.15, -0.1) is 0 Å². The van der Waals surface area contributed by atoms with Gasteiger partial charge in [-0.3, -0.25) is 0 Å². The van der Waals surface area contributed by atoms with E-state index in [-0.39, 0.29) is 18.1 Å². The van der Waals surface area contributed by atoms with Crippen LogP contribution in [0.3, 0.4) is 0 Å². The number of piperidine rings is 1. The molecule has 0 bridgehead atoms. The van der Waals surface area contributed by atoms with Crippen LogP contribution in [0.25, 0.3) is 0 Å². The largest absolute Gasteiger partial charge is 0.393 e. The van der Waals surface area contributed by atoms with Gasteiger partial charge in [0.15, 0.2) is 0 Å². The van der Waals surface area contributed by atoms with Gasteiger partial charge in [-0.25, -0.2) is 0 Å². The minimum Gasteiger partial charge on any atom is -0.393 e. The fourth-order valence-corrected chi connectivity index (χ4v) is 2.52. The second kappa shape index (κ2) is 5.25. The second-order valence-electron chi connectivity index (χ2n) is 4.88. The molecule has 4 heteroatoms. The number of aliphatic hydroxyl groups excluding tert-OH is 1. The van der Waals surface area contributed by atoms with E-state index in [0.717, 1.165) is 30.2 Å². The molecule has 0 amide bonds. The lowest BCUT2D eigenvalue weighted by Gasteiger charge is -2.39. The Hall–Kier alpha value is -0.770. The number of hydrogen-bond donors (Lipinski definition) is 2. The van der Waals surface area contributed by atoms with Crippen molar-refractivity contribution in [2.75, 3.05) is 18.0 Å². The summed E-state index contributed by atoms with van der Waals surface area (Å²) in [6.45, 7) is 3.53. The predicted octanol–water partition coefficient (Wildman–Crippen LogP) is 1.87. The van der Waals surface area contributed by atoms with Gasteiger partial charge in [0.25, 0.3) is 0 Å². The third-order valence-electron chi connectivity index (χ3n) is 3.39. The van der Waals surface area contributed by atoms with Crippen LogP contribution in [0.5, 0.6) is 0 Å². The first-order valence-corrected chi connectivity index (χ1v) is 6.38. The summed E-state index contributed by atoms with van der Waals surface area (Å²) < 4.78 is 0. The zero-order valence-electron chi connectivity index (χ0n) is 10.0. The Labute approximate surface area is 107 Å². The lowest BCUT2D eigenvalue weighted by atomic mass is 9.90. The number of rotatable bonds is 2. The predicted molar refractivity (Wildman–Crippen MR) is 71.4 cm³/mol. The minimum absolute atomic E-state index is 0.124. The standard InChI is InChI=1S/C13H19ClN2O/c1-9(17)10-6-12(15)8-16(7-10)13-4-2-11(14)3-5-13/h2-5,9-10,12,17H,6-8,15H2,1H3.